The molecule has 0 radical (unpaired) electrons. The first-order chi connectivity index (χ1) is 14.9. The van der Waals surface area contributed by atoms with Gasteiger partial charge in [-0.15, -0.1) is 0 Å². The quantitative estimate of drug-likeness (QED) is 0.327. The van der Waals surface area contributed by atoms with Crippen LogP contribution in [0.25, 0.3) is 11.4 Å². The van der Waals surface area contributed by atoms with Gasteiger partial charge in [0.2, 0.25) is 11.7 Å². The first-order valence-corrected chi connectivity index (χ1v) is 10.8. The van der Waals surface area contributed by atoms with Crippen LogP contribution in [-0.4, -0.2) is 28.2 Å². The maximum atomic E-state index is 13.6. The Hall–Kier alpha value is -2.69. The molecule has 2 heterocycles. The summed E-state index contributed by atoms with van der Waals surface area (Å²) >= 11 is 0. The van der Waals surface area contributed by atoms with E-state index in [0.717, 1.165) is 57.6 Å². The molecule has 1 unspecified atom stereocenters. The maximum absolute atomic E-state index is 13.6. The highest BCUT2D eigenvalue weighted by atomic mass is 19.4. The third-order valence-corrected chi connectivity index (χ3v) is 5.44. The minimum Gasteiger partial charge on any atom is -0.493 e. The summed E-state index contributed by atoms with van der Waals surface area (Å²) < 4.78 is 51.7. The monoisotopic (exact) mass is 435 g/mol. The summed E-state index contributed by atoms with van der Waals surface area (Å²) in [5.74, 6) is 0.247. The Morgan fingerprint density at radius 2 is 2.00 bits per heavy atom. The van der Waals surface area contributed by atoms with Crippen LogP contribution in [-0.2, 0) is 6.18 Å². The van der Waals surface area contributed by atoms with Gasteiger partial charge in [-0.2, -0.15) is 18.2 Å². The molecule has 1 aliphatic heterocycles. The number of halogens is 3. The second-order valence-electron chi connectivity index (χ2n) is 7.76. The summed E-state index contributed by atoms with van der Waals surface area (Å²) in [6.45, 7) is 3.12. The number of ether oxygens (including phenoxy) is 1. The molecule has 2 aromatic rings. The molecule has 0 saturated carbocycles. The molecule has 0 amide bonds. The van der Waals surface area contributed by atoms with Crippen molar-refractivity contribution in [3.8, 4) is 29.6 Å². The van der Waals surface area contributed by atoms with Gasteiger partial charge >= 0.3 is 6.18 Å². The van der Waals surface area contributed by atoms with E-state index in [1.807, 2.05) is 0 Å². The largest absolute Gasteiger partial charge is 0.493 e. The summed E-state index contributed by atoms with van der Waals surface area (Å²) in [5.41, 5.74) is -0.618. The molecule has 0 N–H and O–H groups in total. The highest BCUT2D eigenvalue weighted by Crippen LogP contribution is 2.39. The molecule has 5 nitrogen and oxygen atoms in total. The van der Waals surface area contributed by atoms with Gasteiger partial charge in [0.15, 0.2) is 0 Å². The van der Waals surface area contributed by atoms with Crippen LogP contribution in [0.4, 0.5) is 13.2 Å². The number of benzene rings is 1. The molecule has 31 heavy (non-hydrogen) atoms. The fraction of sp³-hybridized carbons (Fsp3) is 0.565. The van der Waals surface area contributed by atoms with Crippen LogP contribution in [0.5, 0.6) is 5.75 Å². The number of likely N-dealkylation sites (tertiary alicyclic amines) is 1. The van der Waals surface area contributed by atoms with Crippen LogP contribution in [0, 0.1) is 12.5 Å². The molecule has 1 aromatic carbocycles. The van der Waals surface area contributed by atoms with E-state index in [0.29, 0.717) is 5.89 Å². The van der Waals surface area contributed by atoms with Crippen LogP contribution in [0.1, 0.15) is 75.8 Å². The van der Waals surface area contributed by atoms with Gasteiger partial charge in [-0.1, -0.05) is 50.6 Å². The molecule has 1 atom stereocenters. The second-order valence-corrected chi connectivity index (χ2v) is 7.76. The van der Waals surface area contributed by atoms with Crippen LogP contribution in [0.3, 0.4) is 0 Å². The van der Waals surface area contributed by atoms with Gasteiger partial charge < -0.3 is 14.2 Å². The summed E-state index contributed by atoms with van der Waals surface area (Å²) in [6, 6.07) is 6.24. The molecule has 1 aromatic heterocycles. The van der Waals surface area contributed by atoms with Crippen molar-refractivity contribution >= 4 is 0 Å². The Bertz CT molecular complexity index is 889. The predicted molar refractivity (Wildman–Crippen MR) is 111 cm³/mol. The van der Waals surface area contributed by atoms with E-state index >= 15 is 0 Å². The zero-order valence-electron chi connectivity index (χ0n) is 17.7. The Kier molecular flexibility index (Phi) is 7.83. The Morgan fingerprint density at radius 1 is 1.23 bits per heavy atom. The van der Waals surface area contributed by atoms with E-state index in [9.17, 15) is 13.2 Å². The predicted octanol–water partition coefficient (Wildman–Crippen LogP) is 6.22. The maximum Gasteiger partial charge on any atom is 0.419 e. The lowest BCUT2D eigenvalue weighted by Gasteiger charge is -2.15. The number of rotatable bonds is 10. The second kappa shape index (κ2) is 10.6. The molecule has 1 fully saturated rings. The van der Waals surface area contributed by atoms with Crippen molar-refractivity contribution in [1.29, 1.82) is 0 Å². The van der Waals surface area contributed by atoms with Crippen molar-refractivity contribution in [2.45, 2.75) is 70.5 Å². The lowest BCUT2D eigenvalue weighted by molar-refractivity contribution is -0.138. The fourth-order valence-corrected chi connectivity index (χ4v) is 3.75. The van der Waals surface area contributed by atoms with Crippen molar-refractivity contribution in [2.24, 2.45) is 0 Å². The molecule has 8 heteroatoms. The number of hydrogen-bond donors (Lipinski definition) is 0. The molecule has 3 rings (SSSR count). The molecular weight excluding hydrogens is 407 g/mol. The number of nitrogens with zero attached hydrogens (tertiary/aromatic N) is 3. The molecule has 168 valence electrons. The van der Waals surface area contributed by atoms with Crippen LogP contribution in [0.2, 0.25) is 0 Å². The van der Waals surface area contributed by atoms with Crippen molar-refractivity contribution in [3.05, 3.63) is 29.7 Å². The average molecular weight is 435 g/mol. The molecule has 0 spiro atoms. The minimum atomic E-state index is -4.55. The summed E-state index contributed by atoms with van der Waals surface area (Å²) in [4.78, 5) is 6.06. The van der Waals surface area contributed by atoms with Gasteiger partial charge in [0, 0.05) is 18.2 Å². The zero-order valence-corrected chi connectivity index (χ0v) is 17.7. The van der Waals surface area contributed by atoms with E-state index in [-0.39, 0.29) is 29.8 Å². The zero-order chi connectivity index (χ0) is 22.3. The van der Waals surface area contributed by atoms with Gasteiger partial charge in [-0.05, 0) is 37.5 Å². The van der Waals surface area contributed by atoms with Gasteiger partial charge in [-0.3, -0.25) is 0 Å². The normalized spacial score (nSPS) is 16.5. The third-order valence-electron chi connectivity index (χ3n) is 5.44. The van der Waals surface area contributed by atoms with Gasteiger partial charge in [0.1, 0.15) is 11.8 Å². The SMILES string of the molecule is C#CN1CCCC1c1nc(-c2ccc(OCCCCCCCC)c(C(F)(F)F)c2)no1. The van der Waals surface area contributed by atoms with E-state index in [4.69, 9.17) is 15.7 Å². The molecule has 1 saturated heterocycles. The molecule has 1 aliphatic rings. The van der Waals surface area contributed by atoms with Crippen LogP contribution < -0.4 is 4.74 Å². The fourth-order valence-electron chi connectivity index (χ4n) is 3.75. The van der Waals surface area contributed by atoms with E-state index in [1.54, 1.807) is 4.90 Å². The Balaban J connectivity index is 1.70. The van der Waals surface area contributed by atoms with Gasteiger partial charge in [0.05, 0.1) is 12.2 Å². The van der Waals surface area contributed by atoms with Crippen LogP contribution >= 0.6 is 0 Å². The van der Waals surface area contributed by atoms with E-state index in [2.05, 4.69) is 23.1 Å². The summed E-state index contributed by atoms with van der Waals surface area (Å²) in [5, 5.41) is 3.87. The molecule has 0 aliphatic carbocycles. The molecule has 0 bridgehead atoms. The number of aromatic nitrogens is 2. The lowest BCUT2D eigenvalue weighted by Crippen LogP contribution is -2.17. The smallest absolute Gasteiger partial charge is 0.419 e. The molecular formula is C23H28F3N3O2. The average Bonchev–Trinajstić information content (AvgIpc) is 3.41. The van der Waals surface area contributed by atoms with Crippen molar-refractivity contribution < 1.29 is 22.4 Å². The number of terminal acetylenes is 1. The lowest BCUT2D eigenvalue weighted by atomic mass is 10.1. The van der Waals surface area contributed by atoms with Gasteiger partial charge in [-0.25, -0.2) is 0 Å². The number of hydrogen-bond acceptors (Lipinski definition) is 5. The first-order valence-electron chi connectivity index (χ1n) is 10.8. The van der Waals surface area contributed by atoms with Crippen LogP contribution in [0.15, 0.2) is 22.7 Å². The van der Waals surface area contributed by atoms with Crippen molar-refractivity contribution in [2.75, 3.05) is 13.2 Å². The number of unbranched alkanes of at least 4 members (excludes halogenated alkanes) is 5. The van der Waals surface area contributed by atoms with Gasteiger partial charge in [0.25, 0.3) is 0 Å². The van der Waals surface area contributed by atoms with Crippen molar-refractivity contribution in [1.82, 2.24) is 15.0 Å². The topological polar surface area (TPSA) is 51.4 Å². The standard InChI is InChI=1S/C23H28F3N3O2/c1-3-5-6-7-8-9-15-30-20-13-12-17(16-18(20)23(24,25)26)21-27-22(31-28-21)19-11-10-14-29(19)4-2/h2,12-13,16,19H,3,5-11,14-15H2,1H3. The first kappa shape index (κ1) is 23.0. The number of alkyl halides is 3. The summed E-state index contributed by atoms with van der Waals surface area (Å²) in [6.07, 6.45) is 8.83. The highest BCUT2D eigenvalue weighted by molar-refractivity contribution is 5.59. The van der Waals surface area contributed by atoms with Crippen molar-refractivity contribution in [3.63, 3.8) is 0 Å². The van der Waals surface area contributed by atoms with E-state index < -0.39 is 11.7 Å². The van der Waals surface area contributed by atoms with E-state index in [1.165, 1.54) is 18.6 Å². The highest BCUT2D eigenvalue weighted by Gasteiger charge is 2.35. The Labute approximate surface area is 181 Å². The Morgan fingerprint density at radius 3 is 2.74 bits per heavy atom. The third kappa shape index (κ3) is 5.93. The minimum absolute atomic E-state index is 0.104. The summed E-state index contributed by atoms with van der Waals surface area (Å²) in [7, 11) is 0.